The molecule has 4 rings (SSSR count). The van der Waals surface area contributed by atoms with Gasteiger partial charge in [-0.3, -0.25) is 4.79 Å². The topological polar surface area (TPSA) is 106 Å². The molecule has 0 fully saturated rings. The second-order valence-corrected chi connectivity index (χ2v) is 8.68. The van der Waals surface area contributed by atoms with Crippen LogP contribution in [0, 0.1) is 18.3 Å². The molecule has 1 unspecified atom stereocenters. The number of allylic oxidation sites excluding steroid dienone is 2. The highest BCUT2D eigenvalue weighted by Crippen LogP contribution is 2.59. The Bertz CT molecular complexity index is 1200. The van der Waals surface area contributed by atoms with Gasteiger partial charge in [0.15, 0.2) is 5.41 Å². The number of hydrogen-bond donors (Lipinski definition) is 1. The molecule has 1 aromatic carbocycles. The van der Waals surface area contributed by atoms with E-state index in [2.05, 4.69) is 6.07 Å². The zero-order valence-electron chi connectivity index (χ0n) is 18.5. The van der Waals surface area contributed by atoms with Gasteiger partial charge in [0, 0.05) is 11.1 Å². The van der Waals surface area contributed by atoms with Gasteiger partial charge in [0.05, 0.1) is 17.8 Å². The quantitative estimate of drug-likeness (QED) is 0.737. The van der Waals surface area contributed by atoms with Crippen LogP contribution < -0.4 is 10.6 Å². The number of esters is 1. The highest BCUT2D eigenvalue weighted by atomic mass is 16.5. The number of aryl methyl sites for hydroxylation is 1. The first-order valence-corrected chi connectivity index (χ1v) is 10.2. The van der Waals surface area contributed by atoms with Crippen LogP contribution in [0.2, 0.25) is 0 Å². The number of carbonyl (C=O) groups is 2. The lowest BCUT2D eigenvalue weighted by atomic mass is 9.67. The number of nitriles is 1. The zero-order valence-corrected chi connectivity index (χ0v) is 18.5. The van der Waals surface area contributed by atoms with E-state index in [1.807, 2.05) is 45.9 Å². The molecule has 7 nitrogen and oxygen atoms in total. The van der Waals surface area contributed by atoms with Gasteiger partial charge in [-0.1, -0.05) is 17.7 Å². The maximum absolute atomic E-state index is 14.3. The average molecular weight is 419 g/mol. The average Bonchev–Trinajstić information content (AvgIpc) is 2.90. The van der Waals surface area contributed by atoms with Gasteiger partial charge in [-0.15, -0.1) is 0 Å². The van der Waals surface area contributed by atoms with Gasteiger partial charge in [0.25, 0.3) is 0 Å². The first kappa shape index (κ1) is 20.7. The number of benzene rings is 1. The summed E-state index contributed by atoms with van der Waals surface area (Å²) in [5.74, 6) is -1.14. The largest absolute Gasteiger partial charge is 0.462 e. The Morgan fingerprint density at radius 2 is 1.97 bits per heavy atom. The summed E-state index contributed by atoms with van der Waals surface area (Å²) in [6, 6.07) is 5.94. The maximum atomic E-state index is 14.3. The molecule has 0 radical (unpaired) electrons. The third-order valence-electron chi connectivity index (χ3n) is 6.18. The molecule has 0 saturated carbocycles. The van der Waals surface area contributed by atoms with E-state index in [4.69, 9.17) is 15.2 Å². The number of fused-ring (bicyclic) bond motifs is 1. The fourth-order valence-corrected chi connectivity index (χ4v) is 5.18. The first-order valence-electron chi connectivity index (χ1n) is 10.2. The smallest absolute Gasteiger partial charge is 0.339 e. The summed E-state index contributed by atoms with van der Waals surface area (Å²) >= 11 is 0. The lowest BCUT2D eigenvalue weighted by molar-refractivity contribution is -0.141. The van der Waals surface area contributed by atoms with Gasteiger partial charge in [-0.25, -0.2) is 4.79 Å². The molecule has 0 bridgehead atoms. The van der Waals surface area contributed by atoms with E-state index < -0.39 is 22.8 Å². The van der Waals surface area contributed by atoms with Crippen LogP contribution in [0.25, 0.3) is 5.57 Å². The summed E-state index contributed by atoms with van der Waals surface area (Å²) in [6.07, 6.45) is 2.02. The minimum atomic E-state index is -1.72. The highest BCUT2D eigenvalue weighted by Gasteiger charge is 2.64. The van der Waals surface area contributed by atoms with Crippen LogP contribution in [0.4, 0.5) is 5.69 Å². The number of hydrogen-bond acceptors (Lipinski definition) is 6. The predicted octanol–water partition coefficient (Wildman–Crippen LogP) is 3.34. The molecule has 160 valence electrons. The zero-order chi connectivity index (χ0) is 22.9. The molecule has 31 heavy (non-hydrogen) atoms. The third-order valence-corrected chi connectivity index (χ3v) is 6.18. The van der Waals surface area contributed by atoms with Crippen molar-refractivity contribution in [2.75, 3.05) is 11.5 Å². The van der Waals surface area contributed by atoms with Crippen LogP contribution in [-0.2, 0) is 24.5 Å². The van der Waals surface area contributed by atoms with Gasteiger partial charge in [0.2, 0.25) is 11.8 Å². The lowest BCUT2D eigenvalue weighted by Crippen LogP contribution is -2.54. The molecule has 2 N–H and O–H groups in total. The molecule has 1 atom stereocenters. The Balaban J connectivity index is 2.20. The van der Waals surface area contributed by atoms with Crippen molar-refractivity contribution in [3.05, 3.63) is 57.7 Å². The number of amides is 1. The molecule has 1 spiro atoms. The van der Waals surface area contributed by atoms with Crippen molar-refractivity contribution >= 4 is 23.1 Å². The summed E-state index contributed by atoms with van der Waals surface area (Å²) in [6.45, 7) is 11.1. The summed E-state index contributed by atoms with van der Waals surface area (Å²) in [4.78, 5) is 29.2. The summed E-state index contributed by atoms with van der Waals surface area (Å²) in [5, 5.41) is 10.1. The minimum absolute atomic E-state index is 0.000697. The van der Waals surface area contributed by atoms with Crippen molar-refractivity contribution in [1.29, 1.82) is 5.26 Å². The Kier molecular flexibility index (Phi) is 4.33. The fraction of sp³-hybridized carbons (Fsp3) is 0.375. The molecule has 3 aliphatic rings. The number of ether oxygens (including phenoxy) is 2. The van der Waals surface area contributed by atoms with E-state index in [1.165, 1.54) is 0 Å². The molecular weight excluding hydrogens is 394 g/mol. The van der Waals surface area contributed by atoms with Crippen molar-refractivity contribution in [3.63, 3.8) is 0 Å². The van der Waals surface area contributed by atoms with Crippen LogP contribution in [-0.4, -0.2) is 24.0 Å². The van der Waals surface area contributed by atoms with E-state index in [9.17, 15) is 14.9 Å². The van der Waals surface area contributed by atoms with Crippen LogP contribution in [0.15, 0.2) is 41.0 Å². The third kappa shape index (κ3) is 2.45. The van der Waals surface area contributed by atoms with Crippen molar-refractivity contribution in [2.24, 2.45) is 5.73 Å². The van der Waals surface area contributed by atoms with E-state index >= 15 is 0 Å². The molecule has 1 amide bonds. The normalized spacial score (nSPS) is 23.5. The molecule has 1 aromatic rings. The number of carbonyl (C=O) groups excluding carboxylic acids is 2. The summed E-state index contributed by atoms with van der Waals surface area (Å²) in [5.41, 5.74) is 7.69. The number of nitrogens with two attached hydrogens (primary N) is 1. The predicted molar refractivity (Wildman–Crippen MR) is 115 cm³/mol. The van der Waals surface area contributed by atoms with Crippen molar-refractivity contribution in [1.82, 2.24) is 0 Å². The van der Waals surface area contributed by atoms with Gasteiger partial charge >= 0.3 is 5.97 Å². The number of anilines is 1. The molecule has 3 heterocycles. The van der Waals surface area contributed by atoms with E-state index in [1.54, 1.807) is 18.7 Å². The van der Waals surface area contributed by atoms with Gasteiger partial charge in [0.1, 0.15) is 23.0 Å². The monoisotopic (exact) mass is 419 g/mol. The lowest BCUT2D eigenvalue weighted by Gasteiger charge is -2.40. The Morgan fingerprint density at radius 3 is 2.58 bits per heavy atom. The first-order chi connectivity index (χ1) is 14.5. The SMILES string of the molecule is CCOC(=O)C1=C(C)OC(N)=C(C#N)C12C(=O)N1c3c(cc(C)cc32)C(C)=CC1(C)C. The molecule has 0 saturated heterocycles. The van der Waals surface area contributed by atoms with Crippen LogP contribution in [0.5, 0.6) is 0 Å². The van der Waals surface area contributed by atoms with Crippen LogP contribution in [0.1, 0.15) is 51.3 Å². The molecule has 0 aromatic heterocycles. The van der Waals surface area contributed by atoms with E-state index in [-0.39, 0.29) is 29.4 Å². The Hall–Kier alpha value is -3.53. The summed E-state index contributed by atoms with van der Waals surface area (Å²) in [7, 11) is 0. The Morgan fingerprint density at radius 1 is 1.29 bits per heavy atom. The maximum Gasteiger partial charge on any atom is 0.339 e. The fourth-order valence-electron chi connectivity index (χ4n) is 5.18. The number of nitrogens with zero attached hydrogens (tertiary/aromatic N) is 2. The van der Waals surface area contributed by atoms with Crippen molar-refractivity contribution in [2.45, 2.75) is 52.5 Å². The Labute approximate surface area is 181 Å². The number of rotatable bonds is 2. The van der Waals surface area contributed by atoms with Gasteiger partial charge in [-0.2, -0.15) is 5.26 Å². The molecule has 3 aliphatic heterocycles. The van der Waals surface area contributed by atoms with Gasteiger partial charge in [-0.05, 0) is 53.2 Å². The van der Waals surface area contributed by atoms with Crippen LogP contribution >= 0.6 is 0 Å². The molecule has 7 heteroatoms. The summed E-state index contributed by atoms with van der Waals surface area (Å²) < 4.78 is 10.9. The highest BCUT2D eigenvalue weighted by molar-refractivity contribution is 6.21. The van der Waals surface area contributed by atoms with Crippen molar-refractivity contribution < 1.29 is 19.1 Å². The molecular formula is C24H25N3O4. The minimum Gasteiger partial charge on any atom is -0.462 e. The standard InChI is InChI=1S/C24H25N3O4/c1-7-30-21(28)18-14(4)31-20(26)17(11-25)24(18)16-9-12(2)8-15-13(3)10-23(5,6)27(19(15)16)22(24)29/h8-10H,7,26H2,1-6H3. The molecule has 0 aliphatic carbocycles. The van der Waals surface area contributed by atoms with Crippen LogP contribution in [0.3, 0.4) is 0 Å². The van der Waals surface area contributed by atoms with Crippen molar-refractivity contribution in [3.8, 4) is 6.07 Å². The second-order valence-electron chi connectivity index (χ2n) is 8.68. The second kappa shape index (κ2) is 6.48. The van der Waals surface area contributed by atoms with Gasteiger partial charge < -0.3 is 20.1 Å². The van der Waals surface area contributed by atoms with E-state index in [0.29, 0.717) is 11.3 Å². The van der Waals surface area contributed by atoms with E-state index in [0.717, 1.165) is 16.7 Å².